The number of nitrogens with zero attached hydrogens (tertiary/aromatic N) is 2. The molecule has 0 aliphatic rings. The summed E-state index contributed by atoms with van der Waals surface area (Å²) in [6, 6.07) is 0. The summed E-state index contributed by atoms with van der Waals surface area (Å²) in [4.78, 5) is 0. The Morgan fingerprint density at radius 1 is 1.26 bits per heavy atom. The zero-order chi connectivity index (χ0) is 18.5. The molecule has 1 aromatic rings. The standard InChI is InChI=1S/C8H15N2.C3H2F6O3S/c1-3-4-5-10-7-6-9(2)8-10;4-1(2(5,6)7)3(8,9)13(10,11)12/h6-8H,3-5H2,1-2H3;1H,(H,10,11,12)/q+1;/p-1. The van der Waals surface area contributed by atoms with E-state index >= 15 is 0 Å². The van der Waals surface area contributed by atoms with E-state index in [0.717, 1.165) is 6.54 Å². The number of hydrogen-bond acceptors (Lipinski definition) is 3. The summed E-state index contributed by atoms with van der Waals surface area (Å²) in [7, 11) is -4.62. The van der Waals surface area contributed by atoms with Crippen molar-refractivity contribution >= 4 is 10.1 Å². The number of aromatic nitrogens is 2. The van der Waals surface area contributed by atoms with E-state index in [9.17, 15) is 39.3 Å². The lowest BCUT2D eigenvalue weighted by Crippen LogP contribution is -2.46. The van der Waals surface area contributed by atoms with Crippen LogP contribution in [0.3, 0.4) is 0 Å². The topological polar surface area (TPSA) is 66.0 Å². The highest BCUT2D eigenvalue weighted by Crippen LogP contribution is 2.37. The summed E-state index contributed by atoms with van der Waals surface area (Å²) in [5, 5.41) is -5.99. The molecule has 1 aromatic heterocycles. The molecule has 0 N–H and O–H groups in total. The first-order valence-electron chi connectivity index (χ1n) is 6.28. The van der Waals surface area contributed by atoms with Gasteiger partial charge in [0.2, 0.25) is 6.33 Å². The van der Waals surface area contributed by atoms with Crippen molar-refractivity contribution in [2.75, 3.05) is 0 Å². The minimum Gasteiger partial charge on any atom is -0.743 e. The number of alkyl halides is 6. The largest absolute Gasteiger partial charge is 0.743 e. The van der Waals surface area contributed by atoms with Crippen molar-refractivity contribution in [3.05, 3.63) is 18.7 Å². The van der Waals surface area contributed by atoms with Gasteiger partial charge in [-0.05, 0) is 6.42 Å². The predicted molar refractivity (Wildman–Crippen MR) is 66.1 cm³/mol. The fourth-order valence-electron chi connectivity index (χ4n) is 1.29. The van der Waals surface area contributed by atoms with Crippen molar-refractivity contribution in [3.8, 4) is 0 Å². The van der Waals surface area contributed by atoms with E-state index in [1.807, 2.05) is 7.05 Å². The van der Waals surface area contributed by atoms with Gasteiger partial charge in [0, 0.05) is 0 Å². The van der Waals surface area contributed by atoms with E-state index < -0.39 is 27.7 Å². The molecule has 1 unspecified atom stereocenters. The van der Waals surface area contributed by atoms with Gasteiger partial charge in [-0.15, -0.1) is 0 Å². The highest BCUT2D eigenvalue weighted by molar-refractivity contribution is 7.86. The van der Waals surface area contributed by atoms with Crippen molar-refractivity contribution in [3.63, 3.8) is 0 Å². The van der Waals surface area contributed by atoms with Crippen LogP contribution in [0.25, 0.3) is 0 Å². The van der Waals surface area contributed by atoms with Crippen LogP contribution in [0.1, 0.15) is 19.8 Å². The molecule has 0 saturated carbocycles. The Labute approximate surface area is 129 Å². The predicted octanol–water partition coefficient (Wildman–Crippen LogP) is 2.14. The van der Waals surface area contributed by atoms with Crippen molar-refractivity contribution in [1.29, 1.82) is 0 Å². The number of halogens is 6. The second-order valence-electron chi connectivity index (χ2n) is 4.59. The molecular formula is C11H16F6N2O3S. The lowest BCUT2D eigenvalue weighted by Gasteiger charge is -2.24. The third kappa shape index (κ3) is 6.77. The normalized spacial score (nSPS) is 14.1. The maximum Gasteiger partial charge on any atom is 0.426 e. The second-order valence-corrected chi connectivity index (χ2v) is 6.04. The number of rotatable bonds is 5. The second kappa shape index (κ2) is 7.99. The Balaban J connectivity index is 0.000000433. The van der Waals surface area contributed by atoms with Gasteiger partial charge >= 0.3 is 11.4 Å². The first kappa shape index (κ1) is 21.7. The Morgan fingerprint density at radius 3 is 2.04 bits per heavy atom. The number of unbranched alkanes of at least 4 members (excludes halogenated alkanes) is 1. The Bertz CT molecular complexity index is 585. The molecule has 1 atom stereocenters. The van der Waals surface area contributed by atoms with E-state index in [4.69, 9.17) is 0 Å². The zero-order valence-electron chi connectivity index (χ0n) is 12.2. The van der Waals surface area contributed by atoms with E-state index in [0.29, 0.717) is 0 Å². The Kier molecular flexibility index (Phi) is 7.54. The maximum atomic E-state index is 11.8. The molecule has 136 valence electrons. The fourth-order valence-corrected chi connectivity index (χ4v) is 1.68. The van der Waals surface area contributed by atoms with Crippen molar-refractivity contribution in [2.45, 2.75) is 43.9 Å². The zero-order valence-corrected chi connectivity index (χ0v) is 13.0. The molecule has 0 bridgehead atoms. The summed E-state index contributed by atoms with van der Waals surface area (Å²) >= 11 is 0. The van der Waals surface area contributed by atoms with Crippen LogP contribution in [0, 0.1) is 0 Å². The summed E-state index contributed by atoms with van der Waals surface area (Å²) < 4.78 is 102. The summed E-state index contributed by atoms with van der Waals surface area (Å²) in [6.45, 7) is 3.36. The minimum absolute atomic E-state index is 1.15. The van der Waals surface area contributed by atoms with Gasteiger partial charge in [-0.25, -0.2) is 21.9 Å². The molecule has 1 rings (SSSR count). The van der Waals surface area contributed by atoms with Crippen LogP contribution in [0.5, 0.6) is 0 Å². The molecule has 0 aliphatic heterocycles. The average Bonchev–Trinajstić information content (AvgIpc) is 2.79. The molecule has 0 fully saturated rings. The first-order valence-corrected chi connectivity index (χ1v) is 7.69. The maximum absolute atomic E-state index is 11.8. The fraction of sp³-hybridized carbons (Fsp3) is 0.727. The van der Waals surface area contributed by atoms with Crippen LogP contribution in [-0.2, 0) is 23.7 Å². The molecule has 0 radical (unpaired) electrons. The average molecular weight is 370 g/mol. The van der Waals surface area contributed by atoms with E-state index in [2.05, 4.69) is 34.8 Å². The van der Waals surface area contributed by atoms with Gasteiger partial charge in [-0.3, -0.25) is 0 Å². The van der Waals surface area contributed by atoms with Crippen molar-refractivity contribution in [2.24, 2.45) is 7.05 Å². The molecule has 0 amide bonds. The number of imidazole rings is 1. The summed E-state index contributed by atoms with van der Waals surface area (Å²) in [5.41, 5.74) is 0. The highest BCUT2D eigenvalue weighted by atomic mass is 32.2. The molecule has 0 aromatic carbocycles. The van der Waals surface area contributed by atoms with Crippen LogP contribution < -0.4 is 4.57 Å². The number of aryl methyl sites for hydroxylation is 2. The molecule has 0 aliphatic carbocycles. The molecular weight excluding hydrogens is 354 g/mol. The van der Waals surface area contributed by atoms with Crippen LogP contribution >= 0.6 is 0 Å². The van der Waals surface area contributed by atoms with Gasteiger partial charge in [-0.2, -0.15) is 22.0 Å². The van der Waals surface area contributed by atoms with Crippen LogP contribution in [0.2, 0.25) is 0 Å². The smallest absolute Gasteiger partial charge is 0.426 e. The number of hydrogen-bond donors (Lipinski definition) is 0. The quantitative estimate of drug-likeness (QED) is 0.453. The van der Waals surface area contributed by atoms with Gasteiger partial charge in [0.25, 0.3) is 6.17 Å². The van der Waals surface area contributed by atoms with E-state index in [1.54, 1.807) is 0 Å². The Morgan fingerprint density at radius 2 is 1.78 bits per heavy atom. The molecule has 0 spiro atoms. The van der Waals surface area contributed by atoms with Crippen LogP contribution in [-0.4, -0.2) is 35.1 Å². The van der Waals surface area contributed by atoms with E-state index in [1.165, 1.54) is 12.8 Å². The highest BCUT2D eigenvalue weighted by Gasteiger charge is 2.61. The Hall–Kier alpha value is -1.30. The van der Waals surface area contributed by atoms with Gasteiger partial charge in [0.05, 0.1) is 13.6 Å². The lowest BCUT2D eigenvalue weighted by atomic mass is 10.3. The van der Waals surface area contributed by atoms with Gasteiger partial charge in [0.15, 0.2) is 10.1 Å². The van der Waals surface area contributed by atoms with Gasteiger partial charge in [0.1, 0.15) is 12.4 Å². The lowest BCUT2D eigenvalue weighted by molar-refractivity contribution is -0.696. The van der Waals surface area contributed by atoms with Gasteiger partial charge < -0.3 is 4.55 Å². The molecule has 0 saturated heterocycles. The van der Waals surface area contributed by atoms with E-state index in [-0.39, 0.29) is 0 Å². The third-order valence-corrected chi connectivity index (χ3v) is 3.38. The van der Waals surface area contributed by atoms with Crippen molar-refractivity contribution in [1.82, 2.24) is 4.57 Å². The summed E-state index contributed by atoms with van der Waals surface area (Å²) in [5.74, 6) is 0. The molecule has 12 heteroatoms. The van der Waals surface area contributed by atoms with Crippen LogP contribution in [0.15, 0.2) is 18.7 Å². The monoisotopic (exact) mass is 370 g/mol. The third-order valence-electron chi connectivity index (χ3n) is 2.51. The SMILES string of the molecule is CCCC[n+]1ccn(C)c1.O=S(=O)([O-])C(F)(F)C(F)C(F)(F)F. The summed E-state index contributed by atoms with van der Waals surface area (Å²) in [6.07, 6.45) is -2.29. The molecule has 5 nitrogen and oxygen atoms in total. The van der Waals surface area contributed by atoms with Crippen LogP contribution in [0.4, 0.5) is 26.3 Å². The minimum atomic E-state index is -6.66. The first-order chi connectivity index (χ1) is 10.2. The van der Waals surface area contributed by atoms with Gasteiger partial charge in [-0.1, -0.05) is 13.3 Å². The molecule has 23 heavy (non-hydrogen) atoms. The molecule has 1 heterocycles. The van der Waals surface area contributed by atoms with Crippen molar-refractivity contribution < 1.29 is 43.9 Å².